The maximum atomic E-state index is 13.5. The van der Waals surface area contributed by atoms with Gasteiger partial charge in [0.15, 0.2) is 23.3 Å². The van der Waals surface area contributed by atoms with Crippen LogP contribution in [0.1, 0.15) is 16.8 Å². The van der Waals surface area contributed by atoms with Gasteiger partial charge in [-0.2, -0.15) is 0 Å². The number of carbonyl (C=O) groups excluding carboxylic acids is 1. The number of anilines is 1. The minimum Gasteiger partial charge on any atom is -0.462 e. The number of esters is 1. The van der Waals surface area contributed by atoms with Gasteiger partial charge in [0.05, 0.1) is 6.61 Å². The molecule has 1 aromatic carbocycles. The summed E-state index contributed by atoms with van der Waals surface area (Å²) in [6.45, 7) is -0.00904. The Kier molecular flexibility index (Phi) is 5.11. The number of carbonyl (C=O) groups is 1. The highest BCUT2D eigenvalue weighted by atomic mass is 19.2. The molecule has 0 amide bonds. The van der Waals surface area contributed by atoms with E-state index in [0.29, 0.717) is 0 Å². The van der Waals surface area contributed by atoms with Crippen LogP contribution in [0.15, 0.2) is 0 Å². The second-order valence-electron chi connectivity index (χ2n) is 3.53. The fourth-order valence-corrected chi connectivity index (χ4v) is 1.35. The molecular weight excluding hydrogens is 268 g/mol. The molecule has 4 nitrogen and oxygen atoms in total. The zero-order valence-electron chi connectivity index (χ0n) is 10.0. The van der Waals surface area contributed by atoms with E-state index in [1.807, 2.05) is 5.32 Å². The third-order valence-electron chi connectivity index (χ3n) is 2.30. The van der Waals surface area contributed by atoms with Gasteiger partial charge in [0.25, 0.3) is 0 Å². The van der Waals surface area contributed by atoms with E-state index in [4.69, 9.17) is 5.73 Å². The highest BCUT2D eigenvalue weighted by Crippen LogP contribution is 2.28. The number of hydrogen-bond acceptors (Lipinski definition) is 4. The van der Waals surface area contributed by atoms with Crippen LogP contribution in [0.3, 0.4) is 0 Å². The maximum Gasteiger partial charge on any atom is 0.344 e. The van der Waals surface area contributed by atoms with Gasteiger partial charge in [0.2, 0.25) is 0 Å². The lowest BCUT2D eigenvalue weighted by molar-refractivity contribution is 0.0489. The molecule has 0 saturated heterocycles. The highest BCUT2D eigenvalue weighted by Gasteiger charge is 2.29. The fraction of sp³-hybridized carbons (Fsp3) is 0.364. The average Bonchev–Trinajstić information content (AvgIpc) is 2.38. The molecule has 0 aliphatic heterocycles. The van der Waals surface area contributed by atoms with Gasteiger partial charge in [-0.05, 0) is 13.0 Å². The second-order valence-corrected chi connectivity index (χ2v) is 3.53. The molecule has 0 unspecified atom stereocenters. The Morgan fingerprint density at radius 3 is 2.11 bits per heavy atom. The lowest BCUT2D eigenvalue weighted by atomic mass is 10.1. The van der Waals surface area contributed by atoms with Crippen molar-refractivity contribution in [3.63, 3.8) is 0 Å². The van der Waals surface area contributed by atoms with Crippen molar-refractivity contribution < 1.29 is 27.1 Å². The van der Waals surface area contributed by atoms with Gasteiger partial charge in [0.1, 0.15) is 11.3 Å². The molecule has 8 heteroatoms. The number of nitrogens with one attached hydrogen (secondary N) is 1. The van der Waals surface area contributed by atoms with Crippen LogP contribution in [0, 0.1) is 23.3 Å². The van der Waals surface area contributed by atoms with Crippen molar-refractivity contribution in [3.8, 4) is 0 Å². The third-order valence-corrected chi connectivity index (χ3v) is 2.30. The van der Waals surface area contributed by atoms with Crippen molar-refractivity contribution in [2.75, 3.05) is 25.5 Å². The van der Waals surface area contributed by atoms with Crippen LogP contribution in [0.5, 0.6) is 0 Å². The molecule has 0 fully saturated rings. The number of ether oxygens (including phenoxy) is 1. The summed E-state index contributed by atoms with van der Waals surface area (Å²) in [4.78, 5) is 11.4. The van der Waals surface area contributed by atoms with Crippen molar-refractivity contribution >= 4 is 11.7 Å². The minimum atomic E-state index is -1.80. The SMILES string of the molecule is CNc1c(F)c(F)c(C(=O)OCCCN)c(F)c1F. The fourth-order valence-electron chi connectivity index (χ4n) is 1.35. The van der Waals surface area contributed by atoms with Gasteiger partial charge < -0.3 is 15.8 Å². The molecule has 1 rings (SSSR count). The van der Waals surface area contributed by atoms with Crippen LogP contribution in [-0.2, 0) is 4.74 Å². The number of nitrogens with two attached hydrogens (primary N) is 1. The molecule has 19 heavy (non-hydrogen) atoms. The van der Waals surface area contributed by atoms with Gasteiger partial charge in [-0.1, -0.05) is 0 Å². The molecule has 0 atom stereocenters. The first-order chi connectivity index (χ1) is 8.95. The molecule has 0 aliphatic carbocycles. The summed E-state index contributed by atoms with van der Waals surface area (Å²) in [5, 5.41) is 1.96. The Bertz CT molecular complexity index is 465. The first-order valence-corrected chi connectivity index (χ1v) is 5.36. The number of hydrogen-bond donors (Lipinski definition) is 2. The first kappa shape index (κ1) is 15.2. The summed E-state index contributed by atoms with van der Waals surface area (Å²) >= 11 is 0. The van der Waals surface area contributed by atoms with Gasteiger partial charge in [-0.3, -0.25) is 0 Å². The van der Waals surface area contributed by atoms with Gasteiger partial charge in [0, 0.05) is 7.05 Å². The average molecular weight is 280 g/mol. The van der Waals surface area contributed by atoms with Crippen LogP contribution in [0.25, 0.3) is 0 Å². The Morgan fingerprint density at radius 2 is 1.68 bits per heavy atom. The Morgan fingerprint density at radius 1 is 1.16 bits per heavy atom. The molecule has 0 radical (unpaired) electrons. The van der Waals surface area contributed by atoms with Gasteiger partial charge in [-0.15, -0.1) is 0 Å². The van der Waals surface area contributed by atoms with E-state index in [1.54, 1.807) is 0 Å². The van der Waals surface area contributed by atoms with E-state index in [2.05, 4.69) is 4.74 Å². The van der Waals surface area contributed by atoms with Crippen LogP contribution >= 0.6 is 0 Å². The molecule has 3 N–H and O–H groups in total. The molecule has 0 spiro atoms. The molecule has 1 aromatic rings. The predicted octanol–water partition coefficient (Wildman–Crippen LogP) is 1.79. The van der Waals surface area contributed by atoms with Crippen molar-refractivity contribution in [3.05, 3.63) is 28.8 Å². The predicted molar refractivity (Wildman–Crippen MR) is 59.8 cm³/mol. The van der Waals surface area contributed by atoms with Crippen LogP contribution < -0.4 is 11.1 Å². The molecule has 106 valence electrons. The standard InChI is InChI=1S/C11H12F4N2O2/c1-17-10-8(14)6(12)5(7(13)9(10)15)11(18)19-4-2-3-16/h17H,2-4,16H2,1H3. The van der Waals surface area contributed by atoms with E-state index >= 15 is 0 Å². The summed E-state index contributed by atoms with van der Waals surface area (Å²) in [5.74, 6) is -8.47. The normalized spacial score (nSPS) is 10.4. The topological polar surface area (TPSA) is 64.3 Å². The van der Waals surface area contributed by atoms with Crippen LogP contribution in [-0.4, -0.2) is 26.2 Å². The molecule has 0 bridgehead atoms. The van der Waals surface area contributed by atoms with Gasteiger partial charge in [-0.25, -0.2) is 22.4 Å². The van der Waals surface area contributed by atoms with E-state index in [1.165, 1.54) is 0 Å². The lowest BCUT2D eigenvalue weighted by Gasteiger charge is -2.11. The summed E-state index contributed by atoms with van der Waals surface area (Å²) in [7, 11) is 1.08. The van der Waals surface area contributed by atoms with E-state index in [9.17, 15) is 22.4 Å². The Hall–Kier alpha value is -1.83. The number of rotatable bonds is 5. The maximum absolute atomic E-state index is 13.5. The zero-order valence-corrected chi connectivity index (χ0v) is 10.0. The molecular formula is C11H12F4N2O2. The molecule has 0 heterocycles. The van der Waals surface area contributed by atoms with Crippen LogP contribution in [0.4, 0.5) is 23.2 Å². The van der Waals surface area contributed by atoms with Crippen molar-refractivity contribution in [1.29, 1.82) is 0 Å². The monoisotopic (exact) mass is 280 g/mol. The smallest absolute Gasteiger partial charge is 0.344 e. The molecule has 0 aliphatic rings. The Labute approximate surface area is 106 Å². The molecule has 0 saturated carbocycles. The largest absolute Gasteiger partial charge is 0.462 e. The lowest BCUT2D eigenvalue weighted by Crippen LogP contribution is -2.16. The first-order valence-electron chi connectivity index (χ1n) is 5.36. The van der Waals surface area contributed by atoms with E-state index in [0.717, 1.165) is 7.05 Å². The summed E-state index contributed by atoms with van der Waals surface area (Å²) in [5.41, 5.74) is 2.74. The summed E-state index contributed by atoms with van der Waals surface area (Å²) < 4.78 is 58.2. The quantitative estimate of drug-likeness (QED) is 0.373. The molecule has 0 aromatic heterocycles. The van der Waals surface area contributed by atoms with Crippen molar-refractivity contribution in [2.24, 2.45) is 5.73 Å². The summed E-state index contributed by atoms with van der Waals surface area (Å²) in [6.07, 6.45) is 0.258. The number of halogens is 4. The second kappa shape index (κ2) is 6.37. The zero-order chi connectivity index (χ0) is 14.6. The van der Waals surface area contributed by atoms with Crippen LogP contribution in [0.2, 0.25) is 0 Å². The minimum absolute atomic E-state index is 0.194. The number of benzene rings is 1. The summed E-state index contributed by atoms with van der Waals surface area (Å²) in [6, 6.07) is 0. The van der Waals surface area contributed by atoms with Gasteiger partial charge >= 0.3 is 5.97 Å². The van der Waals surface area contributed by atoms with Crippen molar-refractivity contribution in [1.82, 2.24) is 0 Å². The van der Waals surface area contributed by atoms with E-state index in [-0.39, 0.29) is 19.6 Å². The van der Waals surface area contributed by atoms with Crippen molar-refractivity contribution in [2.45, 2.75) is 6.42 Å². The third kappa shape index (κ3) is 2.95. The Balaban J connectivity index is 3.18. The van der Waals surface area contributed by atoms with E-state index < -0.39 is 40.5 Å². The highest BCUT2D eigenvalue weighted by molar-refractivity contribution is 5.90.